The maximum Gasteiger partial charge on any atom is 0.325 e. The Kier molecular flexibility index (Phi) is 5.75. The number of fused-ring (bicyclic) bond motifs is 1. The largest absolute Gasteiger partial charge is 0.468 e. The normalized spacial score (nSPS) is 11.8. The van der Waals surface area contributed by atoms with E-state index in [4.69, 9.17) is 4.74 Å². The van der Waals surface area contributed by atoms with Gasteiger partial charge in [0.1, 0.15) is 6.54 Å². The van der Waals surface area contributed by atoms with E-state index in [0.29, 0.717) is 10.2 Å². The van der Waals surface area contributed by atoms with E-state index in [0.717, 1.165) is 16.9 Å². The van der Waals surface area contributed by atoms with Gasteiger partial charge < -0.3 is 9.30 Å². The molecule has 28 heavy (non-hydrogen) atoms. The van der Waals surface area contributed by atoms with Gasteiger partial charge in [0.05, 0.1) is 22.2 Å². The van der Waals surface area contributed by atoms with Crippen LogP contribution in [0.3, 0.4) is 0 Å². The lowest BCUT2D eigenvalue weighted by Crippen LogP contribution is -2.22. The van der Waals surface area contributed by atoms with E-state index in [-0.39, 0.29) is 17.0 Å². The summed E-state index contributed by atoms with van der Waals surface area (Å²) in [4.78, 5) is 38.8. The fourth-order valence-corrected chi connectivity index (χ4v) is 3.54. The van der Waals surface area contributed by atoms with Crippen LogP contribution < -0.4 is 4.80 Å². The number of nitrogens with zero attached hydrogens (tertiary/aromatic N) is 3. The van der Waals surface area contributed by atoms with Crippen molar-refractivity contribution in [2.24, 2.45) is 4.99 Å². The van der Waals surface area contributed by atoms with E-state index in [2.05, 4.69) is 4.99 Å². The maximum atomic E-state index is 12.3. The number of aromatic nitrogens is 1. The molecule has 1 heterocycles. The zero-order valence-electron chi connectivity index (χ0n) is 14.8. The minimum absolute atomic E-state index is 0.0826. The summed E-state index contributed by atoms with van der Waals surface area (Å²) in [7, 11) is 1.26. The van der Waals surface area contributed by atoms with Crippen LogP contribution in [0.5, 0.6) is 0 Å². The highest BCUT2D eigenvalue weighted by atomic mass is 32.1. The lowest BCUT2D eigenvalue weighted by atomic mass is 10.2. The van der Waals surface area contributed by atoms with Crippen molar-refractivity contribution in [2.45, 2.75) is 6.54 Å². The number of esters is 1. The lowest BCUT2D eigenvalue weighted by Gasteiger charge is -2.03. The Bertz CT molecular complexity index is 1150. The second-order valence-electron chi connectivity index (χ2n) is 5.65. The molecule has 3 aromatic rings. The Labute approximate surface area is 163 Å². The molecule has 9 heteroatoms. The number of amides is 1. The van der Waals surface area contributed by atoms with Crippen molar-refractivity contribution in [2.75, 3.05) is 7.11 Å². The number of methoxy groups -OCH3 is 1. The van der Waals surface area contributed by atoms with E-state index < -0.39 is 16.8 Å². The fraction of sp³-hybridized carbons (Fsp3) is 0.105. The number of nitro groups is 1. The highest BCUT2D eigenvalue weighted by Crippen LogP contribution is 2.23. The molecular weight excluding hydrogens is 382 g/mol. The maximum absolute atomic E-state index is 12.3. The van der Waals surface area contributed by atoms with Crippen LogP contribution in [-0.2, 0) is 20.9 Å². The molecule has 0 N–H and O–H groups in total. The summed E-state index contributed by atoms with van der Waals surface area (Å²) in [5.41, 5.74) is 1.32. The minimum Gasteiger partial charge on any atom is -0.468 e. The number of hydrogen-bond acceptors (Lipinski definition) is 6. The summed E-state index contributed by atoms with van der Waals surface area (Å²) in [6, 6.07) is 13.5. The number of nitro benzene ring substituents is 1. The molecule has 0 radical (unpaired) electrons. The third-order valence-corrected chi connectivity index (χ3v) is 4.86. The predicted molar refractivity (Wildman–Crippen MR) is 105 cm³/mol. The van der Waals surface area contributed by atoms with Crippen molar-refractivity contribution >= 4 is 45.2 Å². The van der Waals surface area contributed by atoms with Crippen LogP contribution >= 0.6 is 11.3 Å². The number of rotatable bonds is 5. The van der Waals surface area contributed by atoms with Gasteiger partial charge in [0.15, 0.2) is 4.80 Å². The first-order valence-corrected chi connectivity index (χ1v) is 8.96. The SMILES string of the molecule is COC(=O)Cn1c(=NC(=O)/C=C/c2ccccc2)sc2cc([N+](=O)[O-])ccc21. The number of thiazole rings is 1. The molecule has 1 aromatic heterocycles. The van der Waals surface area contributed by atoms with Gasteiger partial charge in [0.25, 0.3) is 11.6 Å². The second-order valence-corrected chi connectivity index (χ2v) is 6.66. The molecule has 0 unspecified atom stereocenters. The van der Waals surface area contributed by atoms with Gasteiger partial charge in [0.2, 0.25) is 0 Å². The number of ether oxygens (including phenoxy) is 1. The summed E-state index contributed by atoms with van der Waals surface area (Å²) in [5, 5.41) is 11.0. The number of non-ortho nitro benzene ring substituents is 1. The molecule has 0 saturated heterocycles. The van der Waals surface area contributed by atoms with Crippen molar-refractivity contribution in [3.63, 3.8) is 0 Å². The van der Waals surface area contributed by atoms with Crippen LogP contribution in [0.15, 0.2) is 59.6 Å². The van der Waals surface area contributed by atoms with Gasteiger partial charge >= 0.3 is 5.97 Å². The van der Waals surface area contributed by atoms with Crippen LogP contribution in [0, 0.1) is 10.1 Å². The predicted octanol–water partition coefficient (Wildman–Crippen LogP) is 2.92. The van der Waals surface area contributed by atoms with Gasteiger partial charge in [-0.2, -0.15) is 4.99 Å². The van der Waals surface area contributed by atoms with E-state index in [1.807, 2.05) is 30.3 Å². The van der Waals surface area contributed by atoms with E-state index in [9.17, 15) is 19.7 Å². The van der Waals surface area contributed by atoms with Crippen LogP contribution in [0.2, 0.25) is 0 Å². The molecule has 0 aliphatic heterocycles. The molecule has 8 nitrogen and oxygen atoms in total. The first-order valence-electron chi connectivity index (χ1n) is 8.14. The first kappa shape index (κ1) is 19.2. The molecule has 0 aliphatic rings. The smallest absolute Gasteiger partial charge is 0.325 e. The standard InChI is InChI=1S/C19H15N3O5S/c1-27-18(24)12-21-15-9-8-14(22(25)26)11-16(15)28-19(21)20-17(23)10-7-13-5-3-2-4-6-13/h2-11H,12H2,1H3/b10-7+,20-19?. The third kappa shape index (κ3) is 4.38. The Morgan fingerprint density at radius 3 is 2.68 bits per heavy atom. The monoisotopic (exact) mass is 397 g/mol. The average molecular weight is 397 g/mol. The fourth-order valence-electron chi connectivity index (χ4n) is 2.47. The first-order chi connectivity index (χ1) is 13.5. The molecule has 2 aromatic carbocycles. The van der Waals surface area contributed by atoms with Gasteiger partial charge in [-0.05, 0) is 17.7 Å². The number of carbonyl (C=O) groups is 2. The highest BCUT2D eigenvalue weighted by Gasteiger charge is 2.14. The number of hydrogen-bond donors (Lipinski definition) is 0. The third-order valence-electron chi connectivity index (χ3n) is 3.82. The summed E-state index contributed by atoms with van der Waals surface area (Å²) in [6.45, 7) is -0.164. The minimum atomic E-state index is -0.522. The van der Waals surface area contributed by atoms with Crippen molar-refractivity contribution in [1.29, 1.82) is 0 Å². The summed E-state index contributed by atoms with van der Waals surface area (Å²) in [6.07, 6.45) is 2.96. The molecule has 0 fully saturated rings. The molecule has 0 bridgehead atoms. The van der Waals surface area contributed by atoms with Gasteiger partial charge in [-0.3, -0.25) is 19.7 Å². The highest BCUT2D eigenvalue weighted by molar-refractivity contribution is 7.16. The number of benzene rings is 2. The van der Waals surface area contributed by atoms with Crippen LogP contribution in [0.25, 0.3) is 16.3 Å². The van der Waals surface area contributed by atoms with Crippen molar-refractivity contribution < 1.29 is 19.2 Å². The molecule has 0 spiro atoms. The van der Waals surface area contributed by atoms with Gasteiger partial charge in [-0.1, -0.05) is 41.7 Å². The molecule has 3 rings (SSSR count). The second kappa shape index (κ2) is 8.40. The van der Waals surface area contributed by atoms with Crippen LogP contribution in [-0.4, -0.2) is 28.5 Å². The van der Waals surface area contributed by atoms with Crippen LogP contribution in [0.4, 0.5) is 5.69 Å². The van der Waals surface area contributed by atoms with Gasteiger partial charge in [-0.15, -0.1) is 0 Å². The topological polar surface area (TPSA) is 104 Å². The van der Waals surface area contributed by atoms with Crippen LogP contribution in [0.1, 0.15) is 5.56 Å². The Hall–Kier alpha value is -3.59. The van der Waals surface area contributed by atoms with E-state index in [1.165, 1.54) is 36.0 Å². The Morgan fingerprint density at radius 1 is 1.25 bits per heavy atom. The van der Waals surface area contributed by atoms with Gasteiger partial charge in [0, 0.05) is 18.2 Å². The molecule has 142 valence electrons. The summed E-state index contributed by atoms with van der Waals surface area (Å²) in [5.74, 6) is -1.03. The summed E-state index contributed by atoms with van der Waals surface area (Å²) >= 11 is 1.09. The van der Waals surface area contributed by atoms with E-state index in [1.54, 1.807) is 6.08 Å². The molecule has 0 saturated carbocycles. The van der Waals surface area contributed by atoms with Crippen molar-refractivity contribution in [3.05, 3.63) is 75.1 Å². The quantitative estimate of drug-likeness (QED) is 0.285. The molecule has 1 amide bonds. The average Bonchev–Trinajstić information content (AvgIpc) is 3.03. The zero-order chi connectivity index (χ0) is 20.1. The molecule has 0 aliphatic carbocycles. The molecular formula is C19H15N3O5S. The lowest BCUT2D eigenvalue weighted by molar-refractivity contribution is -0.384. The summed E-state index contributed by atoms with van der Waals surface area (Å²) < 4.78 is 6.74. The number of carbonyl (C=O) groups excluding carboxylic acids is 2. The van der Waals surface area contributed by atoms with Crippen molar-refractivity contribution in [1.82, 2.24) is 4.57 Å². The zero-order valence-corrected chi connectivity index (χ0v) is 15.6. The Balaban J connectivity index is 2.04. The Morgan fingerprint density at radius 2 is 2.00 bits per heavy atom. The van der Waals surface area contributed by atoms with Gasteiger partial charge in [-0.25, -0.2) is 0 Å². The van der Waals surface area contributed by atoms with Crippen molar-refractivity contribution in [3.8, 4) is 0 Å². The molecule has 0 atom stereocenters. The van der Waals surface area contributed by atoms with E-state index >= 15 is 0 Å².